The molecule has 1 fully saturated rings. The minimum Gasteiger partial charge on any atom is -0.472 e. The number of hydrogen-bond donors (Lipinski definition) is 2. The lowest BCUT2D eigenvalue weighted by Crippen LogP contribution is -2.37. The first-order valence-corrected chi connectivity index (χ1v) is 9.76. The molecule has 4 heterocycles. The highest BCUT2D eigenvalue weighted by atomic mass is 32.1. The van der Waals surface area contributed by atoms with E-state index in [2.05, 4.69) is 9.97 Å². The van der Waals surface area contributed by atoms with Crippen LogP contribution in [0.15, 0.2) is 16.8 Å². The Balaban J connectivity index is 1.77. The van der Waals surface area contributed by atoms with E-state index in [1.165, 1.54) is 0 Å². The molecule has 1 aliphatic heterocycles. The van der Waals surface area contributed by atoms with Gasteiger partial charge in [0, 0.05) is 18.7 Å². The maximum atomic E-state index is 11.7. The third-order valence-corrected chi connectivity index (χ3v) is 5.86. The van der Waals surface area contributed by atoms with E-state index in [-0.39, 0.29) is 10.6 Å². The number of amides is 1. The fraction of sp³-hybridized carbons (Fsp3) is 0.312. The van der Waals surface area contributed by atoms with E-state index in [4.69, 9.17) is 20.9 Å². The number of ether oxygens (including phenoxy) is 2. The topological polar surface area (TPSA) is 117 Å². The van der Waals surface area contributed by atoms with Gasteiger partial charge in [0.2, 0.25) is 11.8 Å². The molecule has 0 bridgehead atoms. The Labute approximate surface area is 157 Å². The van der Waals surface area contributed by atoms with Gasteiger partial charge in [0.1, 0.15) is 16.3 Å². The summed E-state index contributed by atoms with van der Waals surface area (Å²) in [5.74, 6) is 0.324. The van der Waals surface area contributed by atoms with Gasteiger partial charge in [0.15, 0.2) is 0 Å². The summed E-state index contributed by atoms with van der Waals surface area (Å²) < 4.78 is 11.3. The molecule has 0 aliphatic carbocycles. The quantitative estimate of drug-likeness (QED) is 0.682. The molecular formula is C16H17N5O3S2. The minimum absolute atomic E-state index is 0.270. The van der Waals surface area contributed by atoms with Crippen LogP contribution in [0.4, 0.5) is 11.6 Å². The van der Waals surface area contributed by atoms with Crippen molar-refractivity contribution in [3.8, 4) is 5.88 Å². The third-order valence-electron chi connectivity index (χ3n) is 4.02. The smallest absolute Gasteiger partial charge is 0.260 e. The van der Waals surface area contributed by atoms with Crippen molar-refractivity contribution in [2.24, 2.45) is 5.73 Å². The number of aromatic nitrogens is 2. The summed E-state index contributed by atoms with van der Waals surface area (Å²) in [6.45, 7) is 2.98. The lowest BCUT2D eigenvalue weighted by molar-refractivity contribution is 0.100. The fourth-order valence-electron chi connectivity index (χ4n) is 2.70. The van der Waals surface area contributed by atoms with E-state index < -0.39 is 5.91 Å². The predicted molar refractivity (Wildman–Crippen MR) is 102 cm³/mol. The number of thiophene rings is 2. The average molecular weight is 391 g/mol. The standard InChI is InChI=1S/C16H17N5O3S2/c17-11-10-14(24-7-9-1-6-25-8-9)19-16(21-2-4-23-5-3-21)20-15(10)26-12(11)13(18)22/h1,6,8H,2-5,7,17H2,(H2,18,22). The molecule has 0 saturated carbocycles. The normalized spacial score (nSPS) is 14.7. The molecule has 8 nitrogen and oxygen atoms in total. The molecule has 4 rings (SSSR count). The van der Waals surface area contributed by atoms with Crippen LogP contribution in [0, 0.1) is 0 Å². The molecule has 0 aromatic carbocycles. The lowest BCUT2D eigenvalue weighted by atomic mass is 10.3. The number of nitrogen functional groups attached to an aromatic ring is 1. The molecular weight excluding hydrogens is 374 g/mol. The molecule has 3 aromatic rings. The van der Waals surface area contributed by atoms with Crippen LogP contribution in [0.1, 0.15) is 15.2 Å². The van der Waals surface area contributed by atoms with Crippen LogP contribution < -0.4 is 21.1 Å². The highest BCUT2D eigenvalue weighted by Crippen LogP contribution is 2.39. The van der Waals surface area contributed by atoms with Crippen LogP contribution in [0.2, 0.25) is 0 Å². The monoisotopic (exact) mass is 391 g/mol. The van der Waals surface area contributed by atoms with Crippen molar-refractivity contribution in [2.45, 2.75) is 6.61 Å². The van der Waals surface area contributed by atoms with Gasteiger partial charge in [-0.05, 0) is 16.8 Å². The fourth-order valence-corrected chi connectivity index (χ4v) is 4.28. The van der Waals surface area contributed by atoms with E-state index in [1.807, 2.05) is 21.7 Å². The Morgan fingerprint density at radius 3 is 2.85 bits per heavy atom. The molecule has 4 N–H and O–H groups in total. The van der Waals surface area contributed by atoms with Crippen LogP contribution in [0.5, 0.6) is 5.88 Å². The minimum atomic E-state index is -0.581. The van der Waals surface area contributed by atoms with Gasteiger partial charge in [-0.15, -0.1) is 11.3 Å². The zero-order valence-corrected chi connectivity index (χ0v) is 15.4. The number of rotatable bonds is 5. The summed E-state index contributed by atoms with van der Waals surface area (Å²) in [7, 11) is 0. The number of carbonyl (C=O) groups is 1. The van der Waals surface area contributed by atoms with Crippen molar-refractivity contribution >= 4 is 50.4 Å². The highest BCUT2D eigenvalue weighted by molar-refractivity contribution is 7.21. The molecule has 136 valence electrons. The second-order valence-corrected chi connectivity index (χ2v) is 7.52. The summed E-state index contributed by atoms with van der Waals surface area (Å²) in [6, 6.07) is 1.98. The van der Waals surface area contributed by atoms with Crippen molar-refractivity contribution < 1.29 is 14.3 Å². The summed E-state index contributed by atoms with van der Waals surface area (Å²) in [4.78, 5) is 23.7. The number of carbonyl (C=O) groups excluding carboxylic acids is 1. The van der Waals surface area contributed by atoms with Crippen LogP contribution in [0.3, 0.4) is 0 Å². The molecule has 1 saturated heterocycles. The Morgan fingerprint density at radius 2 is 2.15 bits per heavy atom. The van der Waals surface area contributed by atoms with Crippen LogP contribution in [-0.2, 0) is 11.3 Å². The van der Waals surface area contributed by atoms with Crippen LogP contribution in [0.25, 0.3) is 10.2 Å². The summed E-state index contributed by atoms with van der Waals surface area (Å²) >= 11 is 2.76. The maximum Gasteiger partial charge on any atom is 0.260 e. The molecule has 1 amide bonds. The maximum absolute atomic E-state index is 11.7. The number of nitrogens with two attached hydrogens (primary N) is 2. The summed E-state index contributed by atoms with van der Waals surface area (Å²) in [5.41, 5.74) is 12.9. The van der Waals surface area contributed by atoms with Gasteiger partial charge in [-0.1, -0.05) is 0 Å². The van der Waals surface area contributed by atoms with Gasteiger partial charge in [0.25, 0.3) is 5.91 Å². The van der Waals surface area contributed by atoms with E-state index in [0.29, 0.717) is 55.0 Å². The van der Waals surface area contributed by atoms with Gasteiger partial charge in [0.05, 0.1) is 24.3 Å². The second kappa shape index (κ2) is 7.06. The molecule has 26 heavy (non-hydrogen) atoms. The number of morpholine rings is 1. The van der Waals surface area contributed by atoms with Gasteiger partial charge in [-0.25, -0.2) is 4.98 Å². The first kappa shape index (κ1) is 17.0. The van der Waals surface area contributed by atoms with E-state index in [0.717, 1.165) is 16.9 Å². The number of nitrogens with zero attached hydrogens (tertiary/aromatic N) is 3. The summed E-state index contributed by atoms with van der Waals surface area (Å²) in [6.07, 6.45) is 0. The molecule has 0 radical (unpaired) electrons. The summed E-state index contributed by atoms with van der Waals surface area (Å²) in [5, 5.41) is 4.53. The number of primary amides is 1. The molecule has 10 heteroatoms. The second-order valence-electron chi connectivity index (χ2n) is 5.74. The van der Waals surface area contributed by atoms with Crippen LogP contribution >= 0.6 is 22.7 Å². The van der Waals surface area contributed by atoms with E-state index in [1.54, 1.807) is 11.3 Å². The molecule has 3 aromatic heterocycles. The van der Waals surface area contributed by atoms with Crippen molar-refractivity contribution in [2.75, 3.05) is 36.9 Å². The van der Waals surface area contributed by atoms with Crippen molar-refractivity contribution in [3.05, 3.63) is 27.3 Å². The zero-order chi connectivity index (χ0) is 18.1. The third kappa shape index (κ3) is 3.18. The van der Waals surface area contributed by atoms with Gasteiger partial charge in [-0.3, -0.25) is 4.79 Å². The van der Waals surface area contributed by atoms with Crippen molar-refractivity contribution in [1.82, 2.24) is 9.97 Å². The van der Waals surface area contributed by atoms with Gasteiger partial charge in [-0.2, -0.15) is 16.3 Å². The zero-order valence-electron chi connectivity index (χ0n) is 13.8. The van der Waals surface area contributed by atoms with Crippen LogP contribution in [-0.4, -0.2) is 42.2 Å². The Kier molecular flexibility index (Phi) is 4.62. The van der Waals surface area contributed by atoms with Crippen molar-refractivity contribution in [1.29, 1.82) is 0 Å². The lowest BCUT2D eigenvalue weighted by Gasteiger charge is -2.27. The predicted octanol–water partition coefficient (Wildman–Crippen LogP) is 1.85. The SMILES string of the molecule is NC(=O)c1sc2nc(N3CCOCC3)nc(OCc3ccsc3)c2c1N. The molecule has 0 spiro atoms. The number of anilines is 2. The first-order chi connectivity index (χ1) is 12.6. The Hall–Kier alpha value is -2.43. The van der Waals surface area contributed by atoms with Gasteiger partial charge >= 0.3 is 0 Å². The molecule has 0 unspecified atom stereocenters. The number of hydrogen-bond acceptors (Lipinski definition) is 9. The average Bonchev–Trinajstić information content (AvgIpc) is 3.28. The number of fused-ring (bicyclic) bond motifs is 1. The largest absolute Gasteiger partial charge is 0.472 e. The van der Waals surface area contributed by atoms with E-state index in [9.17, 15) is 4.79 Å². The van der Waals surface area contributed by atoms with Gasteiger partial charge < -0.3 is 25.8 Å². The molecule has 0 atom stereocenters. The Morgan fingerprint density at radius 1 is 1.35 bits per heavy atom. The van der Waals surface area contributed by atoms with Crippen molar-refractivity contribution in [3.63, 3.8) is 0 Å². The Bertz CT molecular complexity index is 935. The highest BCUT2D eigenvalue weighted by Gasteiger charge is 2.23. The van der Waals surface area contributed by atoms with E-state index >= 15 is 0 Å². The molecule has 1 aliphatic rings. The first-order valence-electron chi connectivity index (χ1n) is 8.00.